The Labute approximate surface area is 350 Å². The Morgan fingerprint density at radius 2 is 1.16 bits per heavy atom. The van der Waals surface area contributed by atoms with Gasteiger partial charge in [-0.15, -0.1) is 0 Å². The largest absolute Gasteiger partial charge is 0.472 e. The Kier molecular flexibility index (Phi) is 38.8. The molecule has 0 saturated heterocycles. The molecule has 0 radical (unpaired) electrons. The maximum atomic E-state index is 12.6. The third-order valence-corrected chi connectivity index (χ3v) is 9.56. The van der Waals surface area contributed by atoms with Gasteiger partial charge in [0, 0.05) is 12.8 Å². The van der Waals surface area contributed by atoms with Gasteiger partial charge >= 0.3 is 19.8 Å². The SMILES string of the molecule is CC/C=C\C/C=C\CC(O)/C=C/C=C\C/C=C\CCCC(=O)O[C@H](COC(=O)CCCCCCCCC/C=C\C/C=C\CCCCC)COP(=O)(O)OC[C@@H](O)CO. The van der Waals surface area contributed by atoms with Crippen LogP contribution in [0.5, 0.6) is 0 Å². The molecule has 332 valence electrons. The summed E-state index contributed by atoms with van der Waals surface area (Å²) in [5.41, 5.74) is 0. The topological polar surface area (TPSA) is 169 Å². The van der Waals surface area contributed by atoms with Crippen molar-refractivity contribution in [3.63, 3.8) is 0 Å². The van der Waals surface area contributed by atoms with E-state index in [0.29, 0.717) is 32.1 Å². The maximum Gasteiger partial charge on any atom is 0.472 e. The van der Waals surface area contributed by atoms with E-state index >= 15 is 0 Å². The number of carbonyl (C=O) groups excluding carboxylic acids is 2. The summed E-state index contributed by atoms with van der Waals surface area (Å²) in [5.74, 6) is -1.05. The molecular weight excluding hydrogens is 759 g/mol. The van der Waals surface area contributed by atoms with Crippen LogP contribution in [0.4, 0.5) is 0 Å². The van der Waals surface area contributed by atoms with Crippen molar-refractivity contribution in [3.05, 3.63) is 85.1 Å². The molecule has 4 N–H and O–H groups in total. The maximum absolute atomic E-state index is 12.6. The zero-order valence-corrected chi connectivity index (χ0v) is 36.5. The predicted molar refractivity (Wildman–Crippen MR) is 234 cm³/mol. The van der Waals surface area contributed by atoms with E-state index in [2.05, 4.69) is 54.8 Å². The van der Waals surface area contributed by atoms with Crippen molar-refractivity contribution in [1.29, 1.82) is 0 Å². The Balaban J connectivity index is 4.48. The van der Waals surface area contributed by atoms with Crippen molar-refractivity contribution in [2.24, 2.45) is 0 Å². The van der Waals surface area contributed by atoms with Crippen LogP contribution >= 0.6 is 7.82 Å². The highest BCUT2D eigenvalue weighted by molar-refractivity contribution is 7.47. The van der Waals surface area contributed by atoms with Crippen LogP contribution in [0.25, 0.3) is 0 Å². The Morgan fingerprint density at radius 3 is 1.81 bits per heavy atom. The minimum absolute atomic E-state index is 0.0676. The number of phosphoric ester groups is 1. The summed E-state index contributed by atoms with van der Waals surface area (Å²) in [6.07, 6.45) is 44.4. The van der Waals surface area contributed by atoms with E-state index in [1.165, 1.54) is 38.5 Å². The highest BCUT2D eigenvalue weighted by Crippen LogP contribution is 2.43. The van der Waals surface area contributed by atoms with Crippen molar-refractivity contribution < 1.29 is 52.9 Å². The monoisotopic (exact) mass is 837 g/mol. The zero-order valence-electron chi connectivity index (χ0n) is 35.6. The van der Waals surface area contributed by atoms with Gasteiger partial charge in [0.15, 0.2) is 6.10 Å². The molecule has 0 heterocycles. The molecule has 0 aromatic carbocycles. The van der Waals surface area contributed by atoms with Crippen molar-refractivity contribution in [2.45, 2.75) is 167 Å². The number of hydrogen-bond donors (Lipinski definition) is 4. The Bertz CT molecular complexity index is 1250. The summed E-state index contributed by atoms with van der Waals surface area (Å²) in [7, 11) is -4.66. The van der Waals surface area contributed by atoms with Crippen molar-refractivity contribution in [2.75, 3.05) is 26.4 Å². The lowest BCUT2D eigenvalue weighted by atomic mass is 10.1. The number of esters is 2. The van der Waals surface area contributed by atoms with E-state index in [4.69, 9.17) is 19.1 Å². The van der Waals surface area contributed by atoms with Gasteiger partial charge in [-0.3, -0.25) is 18.6 Å². The second kappa shape index (κ2) is 40.9. The first kappa shape index (κ1) is 55.1. The number of allylic oxidation sites excluding steroid dienone is 12. The van der Waals surface area contributed by atoms with Gasteiger partial charge < -0.3 is 29.7 Å². The molecule has 0 amide bonds. The van der Waals surface area contributed by atoms with Gasteiger partial charge in [-0.1, -0.05) is 144 Å². The summed E-state index contributed by atoms with van der Waals surface area (Å²) >= 11 is 0. The fourth-order valence-corrected chi connectivity index (χ4v) is 6.05. The lowest BCUT2D eigenvalue weighted by Crippen LogP contribution is -2.29. The third-order valence-electron chi connectivity index (χ3n) is 8.61. The number of aliphatic hydroxyl groups excluding tert-OH is 3. The number of unbranched alkanes of at least 4 members (excludes halogenated alkanes) is 11. The fourth-order valence-electron chi connectivity index (χ4n) is 5.26. The van der Waals surface area contributed by atoms with E-state index in [-0.39, 0.29) is 19.4 Å². The molecule has 11 nitrogen and oxygen atoms in total. The van der Waals surface area contributed by atoms with E-state index in [0.717, 1.165) is 51.4 Å². The smallest absolute Gasteiger partial charge is 0.462 e. The van der Waals surface area contributed by atoms with Gasteiger partial charge in [0.1, 0.15) is 12.7 Å². The molecule has 0 fully saturated rings. The molecule has 0 aliphatic rings. The molecule has 0 aliphatic carbocycles. The van der Waals surface area contributed by atoms with Crippen LogP contribution in [-0.2, 0) is 32.7 Å². The third kappa shape index (κ3) is 39.9. The Hall–Kier alpha value is -2.89. The van der Waals surface area contributed by atoms with Crippen LogP contribution < -0.4 is 0 Å². The number of phosphoric acid groups is 1. The van der Waals surface area contributed by atoms with Gasteiger partial charge in [0.2, 0.25) is 0 Å². The molecule has 2 unspecified atom stereocenters. The number of hydrogen-bond acceptors (Lipinski definition) is 10. The summed E-state index contributed by atoms with van der Waals surface area (Å²) in [6, 6.07) is 0. The van der Waals surface area contributed by atoms with E-state index in [1.54, 1.807) is 6.08 Å². The van der Waals surface area contributed by atoms with Crippen molar-refractivity contribution in [3.8, 4) is 0 Å². The van der Waals surface area contributed by atoms with E-state index in [1.807, 2.05) is 42.5 Å². The van der Waals surface area contributed by atoms with Gasteiger partial charge in [-0.05, 0) is 77.0 Å². The molecule has 0 saturated carbocycles. The van der Waals surface area contributed by atoms with Crippen LogP contribution in [-0.4, -0.2) is 76.9 Å². The van der Waals surface area contributed by atoms with Gasteiger partial charge in [0.05, 0.1) is 25.9 Å². The van der Waals surface area contributed by atoms with Crippen LogP contribution in [0.3, 0.4) is 0 Å². The quantitative estimate of drug-likeness (QED) is 0.0153. The molecule has 12 heteroatoms. The van der Waals surface area contributed by atoms with Crippen molar-refractivity contribution in [1.82, 2.24) is 0 Å². The molecule has 58 heavy (non-hydrogen) atoms. The minimum Gasteiger partial charge on any atom is -0.462 e. The van der Waals surface area contributed by atoms with Crippen LogP contribution in [0.2, 0.25) is 0 Å². The fraction of sp³-hybridized carbons (Fsp3) is 0.652. The molecular formula is C46H77O11P. The highest BCUT2D eigenvalue weighted by atomic mass is 31.2. The summed E-state index contributed by atoms with van der Waals surface area (Å²) in [5, 5.41) is 28.3. The summed E-state index contributed by atoms with van der Waals surface area (Å²) in [4.78, 5) is 35.0. The number of ether oxygens (including phenoxy) is 2. The van der Waals surface area contributed by atoms with E-state index in [9.17, 15) is 29.3 Å². The van der Waals surface area contributed by atoms with Crippen LogP contribution in [0.15, 0.2) is 85.1 Å². The standard InChI is InChI=1S/C46H77O11P/c1-3-5-7-9-11-12-13-14-15-16-17-18-19-20-24-28-32-36-45(50)54-40-44(41-56-58(52,53)55-39-43(49)38-47)57-46(51)37-33-29-25-22-21-23-27-31-35-42(48)34-30-26-10-8-6-4-2/h6,8,11-12,14-15,22-23,25-27,30-31,35,42-44,47-49H,3-5,7,9-10,13,16-21,24,28-29,32-34,36-41H2,1-2H3,(H,52,53)/b8-6-,12-11-,15-14-,25-22-,27-23-,30-26-,35-31+/t42?,43-,44+/m0/s1. The molecule has 0 bridgehead atoms. The molecule has 4 atom stereocenters. The van der Waals surface area contributed by atoms with Gasteiger partial charge in [-0.2, -0.15) is 0 Å². The first-order valence-corrected chi connectivity index (χ1v) is 23.1. The molecule has 0 aromatic heterocycles. The normalized spacial score (nSPS) is 15.2. The molecule has 0 aromatic rings. The molecule has 0 rings (SSSR count). The van der Waals surface area contributed by atoms with Crippen LogP contribution in [0.1, 0.15) is 149 Å². The van der Waals surface area contributed by atoms with Gasteiger partial charge in [0.25, 0.3) is 0 Å². The lowest BCUT2D eigenvalue weighted by Gasteiger charge is -2.20. The number of aliphatic hydroxyl groups is 3. The average molecular weight is 837 g/mol. The van der Waals surface area contributed by atoms with Gasteiger partial charge in [-0.25, -0.2) is 4.57 Å². The summed E-state index contributed by atoms with van der Waals surface area (Å²) in [6.45, 7) is 2.05. The molecule has 0 spiro atoms. The summed E-state index contributed by atoms with van der Waals surface area (Å²) < 4.78 is 32.6. The molecule has 0 aliphatic heterocycles. The zero-order chi connectivity index (χ0) is 42.8. The Morgan fingerprint density at radius 1 is 0.603 bits per heavy atom. The first-order chi connectivity index (χ1) is 28.1. The first-order valence-electron chi connectivity index (χ1n) is 21.7. The highest BCUT2D eigenvalue weighted by Gasteiger charge is 2.27. The number of carbonyl (C=O) groups is 2. The van der Waals surface area contributed by atoms with Crippen LogP contribution in [0, 0.1) is 0 Å². The van der Waals surface area contributed by atoms with Crippen molar-refractivity contribution >= 4 is 19.8 Å². The van der Waals surface area contributed by atoms with E-state index < -0.39 is 57.9 Å². The number of rotatable bonds is 39. The lowest BCUT2D eigenvalue weighted by molar-refractivity contribution is -0.161. The average Bonchev–Trinajstić information content (AvgIpc) is 3.21. The second-order valence-electron chi connectivity index (χ2n) is 14.2. The minimum atomic E-state index is -4.66. The second-order valence-corrected chi connectivity index (χ2v) is 15.6. The predicted octanol–water partition coefficient (Wildman–Crippen LogP) is 10.4.